The number of carbonyl (C=O) groups excluding carboxylic acids is 5. The van der Waals surface area contributed by atoms with E-state index in [0.717, 1.165) is 42.2 Å². The Balaban J connectivity index is 0.000000527. The number of carbonyl (C=O) groups is 5. The van der Waals surface area contributed by atoms with Gasteiger partial charge in [0.25, 0.3) is 0 Å². The molecule has 0 bridgehead atoms. The molecule has 0 aliphatic carbocycles. The normalized spacial score (nSPS) is 12.6. The van der Waals surface area contributed by atoms with Gasteiger partial charge in [0.2, 0.25) is 0 Å². The zero-order valence-corrected chi connectivity index (χ0v) is 39.6. The lowest BCUT2D eigenvalue weighted by molar-refractivity contribution is -0.149. The molecule has 0 spiro atoms. The molecule has 0 saturated carbocycles. The highest BCUT2D eigenvalue weighted by atomic mass is 35.5. The van der Waals surface area contributed by atoms with Crippen molar-refractivity contribution in [3.63, 3.8) is 0 Å². The molecule has 4 aromatic carbocycles. The number of aldehydes is 1. The molecule has 0 fully saturated rings. The number of halogens is 1. The van der Waals surface area contributed by atoms with Crippen LogP contribution in [0, 0.1) is 5.92 Å². The number of benzene rings is 4. The molecule has 0 heterocycles. The van der Waals surface area contributed by atoms with Crippen LogP contribution in [-0.4, -0.2) is 59.7 Å². The Morgan fingerprint density at radius 2 is 0.922 bits per heavy atom. The number of nitrogens with two attached hydrogens (primary N) is 1. The lowest BCUT2D eigenvalue weighted by Gasteiger charge is -2.24. The highest BCUT2D eigenvalue weighted by Gasteiger charge is 2.23. The highest BCUT2D eigenvalue weighted by Crippen LogP contribution is 2.17. The van der Waals surface area contributed by atoms with E-state index >= 15 is 0 Å². The number of alkyl carbamates (subject to hydrolysis) is 2. The molecule has 0 saturated heterocycles. The number of nitrogens with one attached hydrogen (secondary N) is 2. The molecule has 13 heteroatoms. The van der Waals surface area contributed by atoms with Crippen molar-refractivity contribution >= 4 is 42.8 Å². The average Bonchev–Trinajstić information content (AvgIpc) is 3.24. The molecular weight excluding hydrogens is 834 g/mol. The van der Waals surface area contributed by atoms with Crippen molar-refractivity contribution in [3.05, 3.63) is 144 Å². The van der Waals surface area contributed by atoms with Crippen molar-refractivity contribution in [2.45, 2.75) is 136 Å². The number of rotatable bonds is 18. The van der Waals surface area contributed by atoms with Gasteiger partial charge in [-0.15, -0.1) is 12.4 Å². The van der Waals surface area contributed by atoms with Crippen LogP contribution in [0.3, 0.4) is 0 Å². The smallest absolute Gasteiger partial charge is 0.408 e. The minimum atomic E-state index is -0.559. The van der Waals surface area contributed by atoms with Gasteiger partial charge in [-0.1, -0.05) is 128 Å². The monoisotopic (exact) mass is 903 g/mol. The SMILES string of the molecule is CC(C)(C)OC(=O)N[C@@H](C=O)CCc1ccccc1.C[C@H](CC[C@@H](CCc1ccccc1)NC(=O)OC(C)(C)C)C(=O)OCc1ccccc1.C[C@H](N)C(=O)OCc1ccccc1.Cl. The summed E-state index contributed by atoms with van der Waals surface area (Å²) in [5, 5.41) is 5.55. The van der Waals surface area contributed by atoms with Crippen LogP contribution in [0.4, 0.5) is 9.59 Å². The Bertz CT molecular complexity index is 1900. The number of hydrogen-bond donors (Lipinski definition) is 3. The van der Waals surface area contributed by atoms with Gasteiger partial charge in [-0.05, 0) is 109 Å². The van der Waals surface area contributed by atoms with Crippen LogP contribution in [0.25, 0.3) is 0 Å². The second-order valence-corrected chi connectivity index (χ2v) is 17.2. The molecule has 2 amide bonds. The lowest BCUT2D eigenvalue weighted by atomic mass is 9.97. The molecule has 4 N–H and O–H groups in total. The molecule has 12 nitrogen and oxygen atoms in total. The largest absolute Gasteiger partial charge is 0.461 e. The fourth-order valence-electron chi connectivity index (χ4n) is 5.65. The van der Waals surface area contributed by atoms with Crippen molar-refractivity contribution in [1.29, 1.82) is 0 Å². The molecule has 0 radical (unpaired) electrons. The van der Waals surface area contributed by atoms with Crippen LogP contribution in [-0.2, 0) is 59.4 Å². The summed E-state index contributed by atoms with van der Waals surface area (Å²) in [7, 11) is 0. The summed E-state index contributed by atoms with van der Waals surface area (Å²) in [6, 6.07) is 38.0. The number of ether oxygens (including phenoxy) is 4. The summed E-state index contributed by atoms with van der Waals surface area (Å²) >= 11 is 0. The third-order valence-electron chi connectivity index (χ3n) is 8.97. The van der Waals surface area contributed by atoms with Crippen molar-refractivity contribution in [1.82, 2.24) is 10.6 Å². The number of hydrogen-bond acceptors (Lipinski definition) is 10. The Kier molecular flexibility index (Phi) is 26.7. The van der Waals surface area contributed by atoms with Crippen LogP contribution in [0.2, 0.25) is 0 Å². The summed E-state index contributed by atoms with van der Waals surface area (Å²) in [5.41, 5.74) is 8.51. The van der Waals surface area contributed by atoms with E-state index in [2.05, 4.69) is 22.8 Å². The fraction of sp³-hybridized carbons (Fsp3) is 0.431. The third kappa shape index (κ3) is 27.4. The zero-order chi connectivity index (χ0) is 46.7. The van der Waals surface area contributed by atoms with E-state index in [9.17, 15) is 24.0 Å². The van der Waals surface area contributed by atoms with E-state index < -0.39 is 35.5 Å². The molecule has 64 heavy (non-hydrogen) atoms. The molecule has 0 aliphatic heterocycles. The first-order valence-corrected chi connectivity index (χ1v) is 21.5. The van der Waals surface area contributed by atoms with Gasteiger partial charge in [0, 0.05) is 6.04 Å². The summed E-state index contributed by atoms with van der Waals surface area (Å²) in [5.74, 6) is -0.838. The van der Waals surface area contributed by atoms with Crippen molar-refractivity contribution in [3.8, 4) is 0 Å². The molecular formula is C51H70ClN3O9. The first kappa shape index (κ1) is 56.3. The molecule has 4 aromatic rings. The van der Waals surface area contributed by atoms with Crippen LogP contribution in [0.1, 0.15) is 103 Å². The Hall–Kier alpha value is -5.72. The standard InChI is InChI=1S/C26H35NO4.C15H21NO3.C10H13NO2.ClH/c1-20(24(28)30-19-22-13-9-6-10-14-22)15-17-23(27-25(29)31-26(2,3)4)18-16-21-11-7-5-8-12-21;1-15(2,3)19-14(18)16-13(11-17)10-9-12-7-5-4-6-8-12;1-8(11)10(12)13-7-9-5-3-2-4-6-9;/h5-14,20,23H,15-19H2,1-4H3,(H,27,29);4-8,11,13H,9-10H2,1-3H3,(H,16,18);2-6,8H,7,11H2,1H3;1H/t20-,23+;13-;8-;/m110./s1. The predicted octanol–water partition coefficient (Wildman–Crippen LogP) is 9.88. The maximum absolute atomic E-state index is 12.4. The van der Waals surface area contributed by atoms with E-state index in [-0.39, 0.29) is 42.9 Å². The van der Waals surface area contributed by atoms with Gasteiger partial charge in [0.1, 0.15) is 36.7 Å². The van der Waals surface area contributed by atoms with E-state index in [1.54, 1.807) is 27.7 Å². The molecule has 4 rings (SSSR count). The van der Waals surface area contributed by atoms with Gasteiger partial charge in [0.15, 0.2) is 0 Å². The second-order valence-electron chi connectivity index (χ2n) is 17.2. The van der Waals surface area contributed by atoms with E-state index in [4.69, 9.17) is 24.7 Å². The Morgan fingerprint density at radius 1 is 0.547 bits per heavy atom. The van der Waals surface area contributed by atoms with Gasteiger partial charge >= 0.3 is 24.1 Å². The topological polar surface area (TPSA) is 172 Å². The van der Waals surface area contributed by atoms with E-state index in [0.29, 0.717) is 25.9 Å². The maximum atomic E-state index is 12.4. The quantitative estimate of drug-likeness (QED) is 0.0496. The number of aryl methyl sites for hydroxylation is 2. The average molecular weight is 905 g/mol. The van der Waals surface area contributed by atoms with Gasteiger partial charge in [0.05, 0.1) is 12.0 Å². The first-order valence-electron chi connectivity index (χ1n) is 21.5. The fourth-order valence-corrected chi connectivity index (χ4v) is 5.65. The number of amides is 2. The summed E-state index contributed by atoms with van der Waals surface area (Å²) in [4.78, 5) is 58.2. The van der Waals surface area contributed by atoms with Gasteiger partial charge < -0.3 is 40.1 Å². The van der Waals surface area contributed by atoms with Gasteiger partial charge in [-0.2, -0.15) is 0 Å². The van der Waals surface area contributed by atoms with Crippen molar-refractivity contribution < 1.29 is 42.9 Å². The minimum Gasteiger partial charge on any atom is -0.461 e. The lowest BCUT2D eigenvalue weighted by Crippen LogP contribution is -2.40. The summed E-state index contributed by atoms with van der Waals surface area (Å²) in [6.07, 6.45) is 3.97. The van der Waals surface area contributed by atoms with Gasteiger partial charge in [-0.3, -0.25) is 9.59 Å². The van der Waals surface area contributed by atoms with Gasteiger partial charge in [-0.25, -0.2) is 9.59 Å². The second kappa shape index (κ2) is 30.4. The van der Waals surface area contributed by atoms with Crippen LogP contribution in [0.15, 0.2) is 121 Å². The number of esters is 2. The van der Waals surface area contributed by atoms with E-state index in [1.165, 1.54) is 5.56 Å². The Labute approximate surface area is 386 Å². The molecule has 0 aromatic heterocycles. The summed E-state index contributed by atoms with van der Waals surface area (Å²) < 4.78 is 20.9. The molecule has 0 unspecified atom stereocenters. The third-order valence-corrected chi connectivity index (χ3v) is 8.97. The minimum absolute atomic E-state index is 0. The Morgan fingerprint density at radius 3 is 1.31 bits per heavy atom. The molecule has 350 valence electrons. The van der Waals surface area contributed by atoms with Crippen LogP contribution < -0.4 is 16.4 Å². The highest BCUT2D eigenvalue weighted by molar-refractivity contribution is 5.85. The first-order chi connectivity index (χ1) is 29.8. The van der Waals surface area contributed by atoms with Crippen molar-refractivity contribution in [2.24, 2.45) is 11.7 Å². The molecule has 0 aliphatic rings. The maximum Gasteiger partial charge on any atom is 0.408 e. The summed E-state index contributed by atoms with van der Waals surface area (Å²) in [6.45, 7) is 14.9. The van der Waals surface area contributed by atoms with Crippen LogP contribution in [0.5, 0.6) is 0 Å². The molecule has 4 atom stereocenters. The predicted molar refractivity (Wildman–Crippen MR) is 254 cm³/mol. The zero-order valence-electron chi connectivity index (χ0n) is 38.8. The van der Waals surface area contributed by atoms with Crippen LogP contribution >= 0.6 is 12.4 Å². The van der Waals surface area contributed by atoms with Crippen molar-refractivity contribution in [2.75, 3.05) is 0 Å². The van der Waals surface area contributed by atoms with E-state index in [1.807, 2.05) is 137 Å².